The third-order valence-corrected chi connectivity index (χ3v) is 5.26. The van der Waals surface area contributed by atoms with Crippen LogP contribution in [0.3, 0.4) is 0 Å². The Morgan fingerprint density at radius 3 is 2.41 bits per heavy atom. The molecule has 0 aromatic heterocycles. The van der Waals surface area contributed by atoms with Crippen molar-refractivity contribution >= 4 is 40.5 Å². The molecule has 2 heterocycles. The second-order valence-electron chi connectivity index (χ2n) is 7.30. The molecule has 0 aliphatic carbocycles. The molecule has 2 aliphatic rings. The number of hydrogen-bond donors (Lipinski definition) is 2. The second kappa shape index (κ2) is 8.34. The van der Waals surface area contributed by atoms with Crippen molar-refractivity contribution < 1.29 is 14.4 Å². The van der Waals surface area contributed by atoms with Crippen molar-refractivity contribution in [3.63, 3.8) is 0 Å². The Labute approximate surface area is 169 Å². The number of nitrogens with zero attached hydrogens (tertiary/aromatic N) is 2. The van der Waals surface area contributed by atoms with E-state index in [1.807, 2.05) is 30.3 Å². The fraction of sp³-hybridized carbons (Fsp3) is 0.318. The monoisotopic (exact) mass is 392 g/mol. The summed E-state index contributed by atoms with van der Waals surface area (Å²) in [4.78, 5) is 40.8. The first kappa shape index (κ1) is 19.0. The molecule has 0 radical (unpaired) electrons. The highest BCUT2D eigenvalue weighted by molar-refractivity contribution is 6.10. The molecule has 0 bridgehead atoms. The van der Waals surface area contributed by atoms with E-state index in [-0.39, 0.29) is 37.1 Å². The highest BCUT2D eigenvalue weighted by Gasteiger charge is 2.26. The van der Waals surface area contributed by atoms with E-state index in [1.165, 1.54) is 4.90 Å². The Bertz CT molecular complexity index is 937. The van der Waals surface area contributed by atoms with Gasteiger partial charge < -0.3 is 20.4 Å². The Morgan fingerprint density at radius 1 is 0.931 bits per heavy atom. The van der Waals surface area contributed by atoms with Crippen molar-refractivity contribution in [3.8, 4) is 0 Å². The average Bonchev–Trinajstić information content (AvgIpc) is 3.26. The summed E-state index contributed by atoms with van der Waals surface area (Å²) in [5, 5.41) is 5.70. The normalized spacial score (nSPS) is 15.7. The Morgan fingerprint density at radius 2 is 1.62 bits per heavy atom. The largest absolute Gasteiger partial charge is 0.370 e. The van der Waals surface area contributed by atoms with Crippen LogP contribution in [0, 0.1) is 0 Å². The maximum Gasteiger partial charge on any atom is 0.244 e. The molecule has 4 rings (SSSR count). The summed E-state index contributed by atoms with van der Waals surface area (Å²) in [6.07, 6.45) is 2.41. The molecule has 0 atom stereocenters. The molecule has 29 heavy (non-hydrogen) atoms. The number of carbonyl (C=O) groups excluding carboxylic acids is 3. The summed E-state index contributed by atoms with van der Waals surface area (Å²) >= 11 is 0. The number of hydrogen-bond acceptors (Lipinski definition) is 4. The molecule has 2 aromatic carbocycles. The van der Waals surface area contributed by atoms with E-state index in [4.69, 9.17) is 0 Å². The first-order chi connectivity index (χ1) is 14.1. The van der Waals surface area contributed by atoms with Crippen LogP contribution in [0.4, 0.5) is 22.7 Å². The lowest BCUT2D eigenvalue weighted by atomic mass is 10.1. The zero-order valence-corrected chi connectivity index (χ0v) is 16.2. The van der Waals surface area contributed by atoms with Gasteiger partial charge in [-0.3, -0.25) is 14.4 Å². The lowest BCUT2D eigenvalue weighted by Crippen LogP contribution is -2.42. The molecule has 2 aromatic rings. The predicted molar refractivity (Wildman–Crippen MR) is 113 cm³/mol. The number of carbonyl (C=O) groups is 3. The second-order valence-corrected chi connectivity index (χ2v) is 7.30. The smallest absolute Gasteiger partial charge is 0.244 e. The Hall–Kier alpha value is -3.35. The van der Waals surface area contributed by atoms with E-state index in [2.05, 4.69) is 15.5 Å². The molecule has 0 spiro atoms. The third-order valence-electron chi connectivity index (χ3n) is 5.26. The van der Waals surface area contributed by atoms with E-state index in [0.29, 0.717) is 11.4 Å². The van der Waals surface area contributed by atoms with Crippen molar-refractivity contribution in [2.75, 3.05) is 40.1 Å². The van der Waals surface area contributed by atoms with Crippen molar-refractivity contribution in [2.24, 2.45) is 0 Å². The van der Waals surface area contributed by atoms with Gasteiger partial charge in [0.1, 0.15) is 6.54 Å². The molecule has 0 unspecified atom stereocenters. The number of benzene rings is 2. The Balaban J connectivity index is 1.38. The van der Waals surface area contributed by atoms with Gasteiger partial charge in [0, 0.05) is 25.9 Å². The number of anilines is 4. The van der Waals surface area contributed by atoms with Crippen LogP contribution in [0.25, 0.3) is 0 Å². The summed E-state index contributed by atoms with van der Waals surface area (Å²) in [6, 6.07) is 14.9. The highest BCUT2D eigenvalue weighted by Crippen LogP contribution is 2.30. The minimum Gasteiger partial charge on any atom is -0.370 e. The summed E-state index contributed by atoms with van der Waals surface area (Å²) in [7, 11) is 0. The lowest BCUT2D eigenvalue weighted by molar-refractivity contribution is -0.124. The van der Waals surface area contributed by atoms with Gasteiger partial charge in [-0.05, 0) is 37.1 Å². The molecule has 7 nitrogen and oxygen atoms in total. The van der Waals surface area contributed by atoms with Crippen LogP contribution < -0.4 is 20.4 Å². The average molecular weight is 392 g/mol. The number of nitrogens with one attached hydrogen (secondary N) is 2. The van der Waals surface area contributed by atoms with Crippen LogP contribution in [-0.2, 0) is 14.4 Å². The summed E-state index contributed by atoms with van der Waals surface area (Å²) in [5.41, 5.74) is 3.07. The number of fused-ring (bicyclic) bond motifs is 1. The quantitative estimate of drug-likeness (QED) is 0.820. The van der Waals surface area contributed by atoms with Gasteiger partial charge in [-0.2, -0.15) is 0 Å². The zero-order chi connectivity index (χ0) is 20.2. The molecule has 3 amide bonds. The minimum atomic E-state index is -0.240. The van der Waals surface area contributed by atoms with Gasteiger partial charge in [0.05, 0.1) is 22.7 Å². The summed E-state index contributed by atoms with van der Waals surface area (Å²) < 4.78 is 0. The molecular formula is C22H24N4O3. The van der Waals surface area contributed by atoms with Crippen molar-refractivity contribution in [1.29, 1.82) is 0 Å². The van der Waals surface area contributed by atoms with Gasteiger partial charge in [-0.15, -0.1) is 0 Å². The Kier molecular flexibility index (Phi) is 5.46. The van der Waals surface area contributed by atoms with Crippen LogP contribution in [0.5, 0.6) is 0 Å². The third kappa shape index (κ3) is 4.23. The molecule has 1 fully saturated rings. The van der Waals surface area contributed by atoms with E-state index in [1.54, 1.807) is 18.2 Å². The molecule has 7 heteroatoms. The number of rotatable bonds is 5. The molecular weight excluding hydrogens is 368 g/mol. The SMILES string of the molecule is O=C(CCC(=O)N1CC(=O)Nc2ccccc21)Nc1ccccc1N1CCCC1. The molecule has 1 saturated heterocycles. The molecule has 150 valence electrons. The van der Waals surface area contributed by atoms with Crippen LogP contribution in [0.15, 0.2) is 48.5 Å². The minimum absolute atomic E-state index is 0.0325. The topological polar surface area (TPSA) is 81.8 Å². The highest BCUT2D eigenvalue weighted by atomic mass is 16.2. The van der Waals surface area contributed by atoms with Crippen molar-refractivity contribution in [2.45, 2.75) is 25.7 Å². The van der Waals surface area contributed by atoms with Gasteiger partial charge >= 0.3 is 0 Å². The molecule has 0 saturated carbocycles. The summed E-state index contributed by atoms with van der Waals surface area (Å²) in [5.74, 6) is -0.684. The lowest BCUT2D eigenvalue weighted by Gasteiger charge is -2.29. The van der Waals surface area contributed by atoms with Crippen LogP contribution in [0.1, 0.15) is 25.7 Å². The predicted octanol–water partition coefficient (Wildman–Crippen LogP) is 2.99. The van der Waals surface area contributed by atoms with Gasteiger partial charge in [-0.25, -0.2) is 0 Å². The van der Waals surface area contributed by atoms with Crippen LogP contribution >= 0.6 is 0 Å². The number of para-hydroxylation sites is 4. The van der Waals surface area contributed by atoms with Crippen molar-refractivity contribution in [3.05, 3.63) is 48.5 Å². The van der Waals surface area contributed by atoms with Gasteiger partial charge in [0.25, 0.3) is 0 Å². The fourth-order valence-corrected chi connectivity index (χ4v) is 3.84. The number of amides is 3. The fourth-order valence-electron chi connectivity index (χ4n) is 3.84. The summed E-state index contributed by atoms with van der Waals surface area (Å²) in [6.45, 7) is 1.94. The van der Waals surface area contributed by atoms with Crippen LogP contribution in [0.2, 0.25) is 0 Å². The van der Waals surface area contributed by atoms with Gasteiger partial charge in [0.2, 0.25) is 17.7 Å². The van der Waals surface area contributed by atoms with E-state index in [0.717, 1.165) is 37.3 Å². The van der Waals surface area contributed by atoms with Gasteiger partial charge in [0.15, 0.2) is 0 Å². The molecule has 2 aliphatic heterocycles. The van der Waals surface area contributed by atoms with E-state index >= 15 is 0 Å². The maximum atomic E-state index is 12.7. The van der Waals surface area contributed by atoms with Crippen LogP contribution in [-0.4, -0.2) is 37.4 Å². The van der Waals surface area contributed by atoms with Crippen molar-refractivity contribution in [1.82, 2.24) is 0 Å². The van der Waals surface area contributed by atoms with E-state index in [9.17, 15) is 14.4 Å². The van der Waals surface area contributed by atoms with Gasteiger partial charge in [-0.1, -0.05) is 24.3 Å². The molecule has 2 N–H and O–H groups in total. The van der Waals surface area contributed by atoms with E-state index < -0.39 is 0 Å². The first-order valence-electron chi connectivity index (χ1n) is 9.95. The zero-order valence-electron chi connectivity index (χ0n) is 16.2. The maximum absolute atomic E-state index is 12.7. The standard InChI is InChI=1S/C22H24N4O3/c27-20(23-16-7-1-3-9-18(16)25-13-5-6-14-25)11-12-22(29)26-15-21(28)24-17-8-2-4-10-19(17)26/h1-4,7-10H,5-6,11-15H2,(H,23,27)(H,24,28). The first-order valence-corrected chi connectivity index (χ1v) is 9.95.